The normalized spacial score (nSPS) is 15.9. The number of halogens is 1. The summed E-state index contributed by atoms with van der Waals surface area (Å²) in [5, 5.41) is 16.4. The molecule has 0 aliphatic carbocycles. The smallest absolute Gasteiger partial charge is 0.269 e. The SMILES string of the molecule is Cl.NC(N)=NCCC[C@H](NC(=O)[C@@H]1CCCCN1C(=O)[C@H](N)Cc1ccccc1)C(=O)Nc1ccc([N+](=O)[O-])cc1. The van der Waals surface area contributed by atoms with Gasteiger partial charge in [0.1, 0.15) is 12.1 Å². The van der Waals surface area contributed by atoms with Gasteiger partial charge in [0.15, 0.2) is 5.96 Å². The summed E-state index contributed by atoms with van der Waals surface area (Å²) >= 11 is 0. The number of carbonyl (C=O) groups is 3. The van der Waals surface area contributed by atoms with E-state index in [1.54, 1.807) is 0 Å². The summed E-state index contributed by atoms with van der Waals surface area (Å²) in [6, 6.07) is 12.2. The second-order valence-electron chi connectivity index (χ2n) is 9.64. The zero-order valence-electron chi connectivity index (χ0n) is 22.6. The molecule has 3 atom stereocenters. The van der Waals surface area contributed by atoms with E-state index >= 15 is 0 Å². The first-order chi connectivity index (χ1) is 19.2. The lowest BCUT2D eigenvalue weighted by molar-refractivity contribution is -0.384. The maximum absolute atomic E-state index is 13.5. The number of nitro benzene ring substituents is 1. The maximum Gasteiger partial charge on any atom is 0.269 e. The van der Waals surface area contributed by atoms with E-state index in [1.165, 1.54) is 29.2 Å². The lowest BCUT2D eigenvalue weighted by Gasteiger charge is -2.37. The molecule has 3 amide bonds. The Morgan fingerprint density at radius 2 is 1.76 bits per heavy atom. The molecule has 0 radical (unpaired) electrons. The van der Waals surface area contributed by atoms with Gasteiger partial charge in [-0.3, -0.25) is 29.5 Å². The number of nitro groups is 1. The molecule has 41 heavy (non-hydrogen) atoms. The molecule has 1 aliphatic heterocycles. The van der Waals surface area contributed by atoms with E-state index in [0.717, 1.165) is 18.4 Å². The number of likely N-dealkylation sites (tertiary alicyclic amines) is 1. The average molecular weight is 589 g/mol. The summed E-state index contributed by atoms with van der Waals surface area (Å²) < 4.78 is 0. The first-order valence-corrected chi connectivity index (χ1v) is 13.2. The molecular weight excluding hydrogens is 552 g/mol. The number of nitrogens with two attached hydrogens (primary N) is 3. The highest BCUT2D eigenvalue weighted by molar-refractivity contribution is 5.98. The summed E-state index contributed by atoms with van der Waals surface area (Å²) in [4.78, 5) is 55.7. The number of piperidine rings is 1. The number of anilines is 1. The standard InChI is InChI=1S/C27H36N8O5.ClH/c28-21(17-18-7-2-1-3-8-18)26(38)34-16-5-4-10-23(34)25(37)33-22(9-6-15-31-27(29)30)24(36)32-19-11-13-20(14-12-19)35(39)40;/h1-3,7-8,11-14,21-23H,4-6,9-10,15-17,28H2,(H,32,36)(H,33,37)(H4,29,30,31);1H/t21-,22+,23+;/m1./s1. The van der Waals surface area contributed by atoms with Crippen LogP contribution in [0.1, 0.15) is 37.7 Å². The second kappa shape index (κ2) is 16.1. The van der Waals surface area contributed by atoms with Crippen LogP contribution in [0.4, 0.5) is 11.4 Å². The van der Waals surface area contributed by atoms with Crippen LogP contribution in [-0.4, -0.2) is 64.7 Å². The molecule has 0 saturated carbocycles. The van der Waals surface area contributed by atoms with Gasteiger partial charge in [0.05, 0.1) is 11.0 Å². The van der Waals surface area contributed by atoms with Crippen molar-refractivity contribution in [3.63, 3.8) is 0 Å². The van der Waals surface area contributed by atoms with E-state index in [4.69, 9.17) is 17.2 Å². The van der Waals surface area contributed by atoms with Gasteiger partial charge in [-0.05, 0) is 56.2 Å². The van der Waals surface area contributed by atoms with Gasteiger partial charge in [-0.25, -0.2) is 0 Å². The van der Waals surface area contributed by atoms with Crippen LogP contribution < -0.4 is 27.8 Å². The van der Waals surface area contributed by atoms with E-state index in [9.17, 15) is 24.5 Å². The van der Waals surface area contributed by atoms with Crippen LogP contribution in [0, 0.1) is 10.1 Å². The third-order valence-electron chi connectivity index (χ3n) is 6.63. The van der Waals surface area contributed by atoms with Crippen LogP contribution in [0.2, 0.25) is 0 Å². The molecule has 3 rings (SSSR count). The van der Waals surface area contributed by atoms with Gasteiger partial charge in [0.2, 0.25) is 17.7 Å². The molecule has 1 aliphatic rings. The number of carbonyl (C=O) groups excluding carboxylic acids is 3. The number of nitrogens with one attached hydrogen (secondary N) is 2. The number of non-ortho nitro benzene ring substituents is 1. The van der Waals surface area contributed by atoms with Gasteiger partial charge >= 0.3 is 0 Å². The second-order valence-corrected chi connectivity index (χ2v) is 9.64. The summed E-state index contributed by atoms with van der Waals surface area (Å²) in [6.45, 7) is 0.644. The van der Waals surface area contributed by atoms with Crippen molar-refractivity contribution in [2.75, 3.05) is 18.4 Å². The lowest BCUT2D eigenvalue weighted by atomic mass is 9.98. The molecule has 1 heterocycles. The lowest BCUT2D eigenvalue weighted by Crippen LogP contribution is -2.58. The van der Waals surface area contributed by atoms with Crippen molar-refractivity contribution in [1.29, 1.82) is 0 Å². The number of nitrogens with zero attached hydrogens (tertiary/aromatic N) is 3. The summed E-state index contributed by atoms with van der Waals surface area (Å²) in [7, 11) is 0. The number of aliphatic imine (C=N–C) groups is 1. The molecule has 14 heteroatoms. The van der Waals surface area contributed by atoms with Gasteiger partial charge in [0.25, 0.3) is 5.69 Å². The fraction of sp³-hybridized carbons (Fsp3) is 0.407. The molecule has 1 saturated heterocycles. The predicted molar refractivity (Wildman–Crippen MR) is 158 cm³/mol. The minimum absolute atomic E-state index is 0. The first kappa shape index (κ1) is 33.0. The Morgan fingerprint density at radius 1 is 1.07 bits per heavy atom. The van der Waals surface area contributed by atoms with Crippen molar-refractivity contribution < 1.29 is 19.3 Å². The Kier molecular flexibility index (Phi) is 13.0. The number of hydrogen-bond donors (Lipinski definition) is 5. The Morgan fingerprint density at radius 3 is 2.39 bits per heavy atom. The van der Waals surface area contributed by atoms with Crippen LogP contribution in [0.15, 0.2) is 59.6 Å². The van der Waals surface area contributed by atoms with Crippen LogP contribution in [-0.2, 0) is 20.8 Å². The molecular formula is C27H37ClN8O5. The zero-order valence-corrected chi connectivity index (χ0v) is 23.4. The average Bonchev–Trinajstić information content (AvgIpc) is 2.94. The van der Waals surface area contributed by atoms with Crippen LogP contribution in [0.3, 0.4) is 0 Å². The van der Waals surface area contributed by atoms with E-state index in [-0.39, 0.29) is 42.9 Å². The van der Waals surface area contributed by atoms with Gasteiger partial charge < -0.3 is 32.7 Å². The van der Waals surface area contributed by atoms with Crippen molar-refractivity contribution in [2.45, 2.75) is 56.7 Å². The van der Waals surface area contributed by atoms with Crippen molar-refractivity contribution in [3.05, 3.63) is 70.3 Å². The fourth-order valence-electron chi connectivity index (χ4n) is 4.57. The van der Waals surface area contributed by atoms with Gasteiger partial charge in [-0.15, -0.1) is 12.4 Å². The monoisotopic (exact) mass is 588 g/mol. The maximum atomic E-state index is 13.5. The molecule has 13 nitrogen and oxygen atoms in total. The minimum Gasteiger partial charge on any atom is -0.370 e. The summed E-state index contributed by atoms with van der Waals surface area (Å²) in [6.07, 6.45) is 2.90. The highest BCUT2D eigenvalue weighted by Crippen LogP contribution is 2.20. The molecule has 0 bridgehead atoms. The van der Waals surface area contributed by atoms with Gasteiger partial charge in [-0.1, -0.05) is 30.3 Å². The largest absolute Gasteiger partial charge is 0.370 e. The quantitative estimate of drug-likeness (QED) is 0.0802. The van der Waals surface area contributed by atoms with E-state index in [0.29, 0.717) is 31.5 Å². The highest BCUT2D eigenvalue weighted by Gasteiger charge is 2.36. The van der Waals surface area contributed by atoms with Gasteiger partial charge in [0, 0.05) is 30.9 Å². The van der Waals surface area contributed by atoms with Crippen LogP contribution in [0.25, 0.3) is 0 Å². The molecule has 0 aromatic heterocycles. The van der Waals surface area contributed by atoms with E-state index in [1.807, 2.05) is 30.3 Å². The topological polar surface area (TPSA) is 212 Å². The van der Waals surface area contributed by atoms with Crippen LogP contribution in [0.5, 0.6) is 0 Å². The molecule has 0 unspecified atom stereocenters. The molecule has 0 spiro atoms. The first-order valence-electron chi connectivity index (χ1n) is 13.2. The molecule has 222 valence electrons. The fourth-order valence-corrected chi connectivity index (χ4v) is 4.57. The predicted octanol–water partition coefficient (Wildman–Crippen LogP) is 1.44. The zero-order chi connectivity index (χ0) is 29.1. The Hall–Kier alpha value is -4.23. The minimum atomic E-state index is -0.964. The number of benzene rings is 2. The molecule has 1 fully saturated rings. The Labute approximate surface area is 244 Å². The number of hydrogen-bond acceptors (Lipinski definition) is 7. The van der Waals surface area contributed by atoms with E-state index < -0.39 is 34.9 Å². The van der Waals surface area contributed by atoms with Crippen LogP contribution >= 0.6 is 12.4 Å². The number of amides is 3. The molecule has 2 aromatic rings. The molecule has 2 aromatic carbocycles. The van der Waals surface area contributed by atoms with Crippen molar-refractivity contribution in [3.8, 4) is 0 Å². The highest BCUT2D eigenvalue weighted by atomic mass is 35.5. The molecule has 8 N–H and O–H groups in total. The number of rotatable bonds is 12. The van der Waals surface area contributed by atoms with Crippen molar-refractivity contribution in [1.82, 2.24) is 10.2 Å². The third kappa shape index (κ3) is 10.0. The number of guanidine groups is 1. The summed E-state index contributed by atoms with van der Waals surface area (Å²) in [5.41, 5.74) is 18.2. The third-order valence-corrected chi connectivity index (χ3v) is 6.63. The van der Waals surface area contributed by atoms with Crippen molar-refractivity contribution >= 4 is 47.5 Å². The van der Waals surface area contributed by atoms with E-state index in [2.05, 4.69) is 15.6 Å². The summed E-state index contributed by atoms with van der Waals surface area (Å²) in [5.74, 6) is -1.37. The van der Waals surface area contributed by atoms with Crippen molar-refractivity contribution in [2.24, 2.45) is 22.2 Å². The Balaban J connectivity index is 0.00000588. The van der Waals surface area contributed by atoms with Gasteiger partial charge in [-0.2, -0.15) is 0 Å². The Bertz CT molecular complexity index is 1210.